The highest BCUT2D eigenvalue weighted by molar-refractivity contribution is 7.92. The Kier molecular flexibility index (Phi) is 6.91. The SMILES string of the molecule is Cc1cc(C)c(C)c(S(=O)(=O)Nc2ccc(-c3cccc(C(=O)OC(C)(C)C)c3)c3ccccc23)c1C. The van der Waals surface area contributed by atoms with Crippen LogP contribution in [-0.4, -0.2) is 20.0 Å². The normalized spacial score (nSPS) is 12.0. The zero-order valence-electron chi connectivity index (χ0n) is 22.4. The number of hydrogen-bond donors (Lipinski definition) is 1. The number of fused-ring (bicyclic) bond motifs is 1. The Balaban J connectivity index is 1.79. The number of sulfonamides is 1. The number of aryl methyl sites for hydroxylation is 2. The first kappa shape index (κ1) is 26.4. The summed E-state index contributed by atoms with van der Waals surface area (Å²) >= 11 is 0. The van der Waals surface area contributed by atoms with Gasteiger partial charge in [0.05, 0.1) is 16.1 Å². The monoisotopic (exact) mass is 515 g/mol. The van der Waals surface area contributed by atoms with Crippen molar-refractivity contribution in [2.24, 2.45) is 0 Å². The average Bonchev–Trinajstić information content (AvgIpc) is 2.82. The fraction of sp³-hybridized carbons (Fsp3) is 0.258. The van der Waals surface area contributed by atoms with Crippen LogP contribution in [-0.2, 0) is 14.8 Å². The number of nitrogens with one attached hydrogen (secondary N) is 1. The Labute approximate surface area is 219 Å². The molecule has 1 N–H and O–H groups in total. The quantitative estimate of drug-likeness (QED) is 0.279. The minimum Gasteiger partial charge on any atom is -0.456 e. The predicted octanol–water partition coefficient (Wildman–Crippen LogP) is 7.50. The third-order valence-corrected chi connectivity index (χ3v) is 8.18. The lowest BCUT2D eigenvalue weighted by atomic mass is 9.96. The van der Waals surface area contributed by atoms with Crippen molar-refractivity contribution < 1.29 is 17.9 Å². The van der Waals surface area contributed by atoms with Crippen LogP contribution in [0.3, 0.4) is 0 Å². The summed E-state index contributed by atoms with van der Waals surface area (Å²) in [7, 11) is -3.84. The van der Waals surface area contributed by atoms with Crippen molar-refractivity contribution in [2.45, 2.75) is 59.0 Å². The van der Waals surface area contributed by atoms with E-state index in [9.17, 15) is 13.2 Å². The van der Waals surface area contributed by atoms with E-state index >= 15 is 0 Å². The third kappa shape index (κ3) is 5.39. The molecule has 0 spiro atoms. The molecule has 192 valence electrons. The molecule has 0 aliphatic heterocycles. The summed E-state index contributed by atoms with van der Waals surface area (Å²) in [6, 6.07) is 20.6. The number of benzene rings is 4. The van der Waals surface area contributed by atoms with Crippen LogP contribution in [0, 0.1) is 27.7 Å². The van der Waals surface area contributed by atoms with Crippen LogP contribution in [0.2, 0.25) is 0 Å². The van der Waals surface area contributed by atoms with Gasteiger partial charge in [0.1, 0.15) is 5.60 Å². The Hall–Kier alpha value is -3.64. The van der Waals surface area contributed by atoms with E-state index in [4.69, 9.17) is 4.74 Å². The molecule has 0 aromatic heterocycles. The van der Waals surface area contributed by atoms with Gasteiger partial charge in [-0.3, -0.25) is 4.72 Å². The van der Waals surface area contributed by atoms with Crippen molar-refractivity contribution in [3.05, 3.63) is 94.5 Å². The van der Waals surface area contributed by atoms with Crippen LogP contribution >= 0.6 is 0 Å². The van der Waals surface area contributed by atoms with Crippen LogP contribution in [0.25, 0.3) is 21.9 Å². The average molecular weight is 516 g/mol. The molecule has 0 fully saturated rings. The molecular formula is C31H33NO4S. The number of carbonyl (C=O) groups is 1. The minimum atomic E-state index is -3.84. The van der Waals surface area contributed by atoms with Crippen LogP contribution in [0.4, 0.5) is 5.69 Å². The summed E-state index contributed by atoms with van der Waals surface area (Å²) in [5.41, 5.74) is 5.47. The summed E-state index contributed by atoms with van der Waals surface area (Å²) in [6.07, 6.45) is 0. The van der Waals surface area contributed by atoms with Gasteiger partial charge in [0.15, 0.2) is 0 Å². The van der Waals surface area contributed by atoms with Crippen LogP contribution in [0.15, 0.2) is 71.6 Å². The zero-order chi connectivity index (χ0) is 27.1. The second kappa shape index (κ2) is 9.67. The maximum atomic E-state index is 13.6. The maximum Gasteiger partial charge on any atom is 0.338 e. The van der Waals surface area contributed by atoms with E-state index in [1.54, 1.807) is 12.1 Å². The Morgan fingerprint density at radius 3 is 2.03 bits per heavy atom. The fourth-order valence-corrected chi connectivity index (χ4v) is 6.27. The molecule has 6 heteroatoms. The van der Waals surface area contributed by atoms with E-state index in [1.165, 1.54) is 0 Å². The first-order valence-electron chi connectivity index (χ1n) is 12.2. The van der Waals surface area contributed by atoms with Gasteiger partial charge in [-0.15, -0.1) is 0 Å². The van der Waals surface area contributed by atoms with Crippen molar-refractivity contribution >= 4 is 32.5 Å². The molecule has 0 aliphatic carbocycles. The van der Waals surface area contributed by atoms with Crippen LogP contribution < -0.4 is 4.72 Å². The second-order valence-electron chi connectivity index (χ2n) is 10.5. The van der Waals surface area contributed by atoms with Gasteiger partial charge in [-0.05, 0) is 105 Å². The van der Waals surface area contributed by atoms with Crippen molar-refractivity contribution in [1.82, 2.24) is 0 Å². The van der Waals surface area contributed by atoms with Crippen molar-refractivity contribution in [1.29, 1.82) is 0 Å². The van der Waals surface area contributed by atoms with E-state index in [0.29, 0.717) is 16.1 Å². The zero-order valence-corrected chi connectivity index (χ0v) is 23.2. The minimum absolute atomic E-state index is 0.322. The van der Waals surface area contributed by atoms with E-state index in [1.807, 2.05) is 103 Å². The van der Waals surface area contributed by atoms with Gasteiger partial charge in [0.2, 0.25) is 0 Å². The Morgan fingerprint density at radius 2 is 1.41 bits per heavy atom. The molecular weight excluding hydrogens is 482 g/mol. The van der Waals surface area contributed by atoms with Gasteiger partial charge in [0, 0.05) is 5.39 Å². The molecule has 4 rings (SSSR count). The van der Waals surface area contributed by atoms with E-state index in [2.05, 4.69) is 4.72 Å². The highest BCUT2D eigenvalue weighted by atomic mass is 32.2. The van der Waals surface area contributed by atoms with Crippen LogP contribution in [0.5, 0.6) is 0 Å². The van der Waals surface area contributed by atoms with Crippen molar-refractivity contribution in [2.75, 3.05) is 4.72 Å². The summed E-state index contributed by atoms with van der Waals surface area (Å²) in [4.78, 5) is 13.0. The van der Waals surface area contributed by atoms with Crippen LogP contribution in [0.1, 0.15) is 53.4 Å². The van der Waals surface area contributed by atoms with Gasteiger partial charge in [-0.25, -0.2) is 13.2 Å². The maximum absolute atomic E-state index is 13.6. The first-order valence-corrected chi connectivity index (χ1v) is 13.7. The van der Waals surface area contributed by atoms with Gasteiger partial charge < -0.3 is 4.74 Å². The predicted molar refractivity (Wildman–Crippen MR) is 151 cm³/mol. The van der Waals surface area contributed by atoms with Gasteiger partial charge in [-0.2, -0.15) is 0 Å². The number of ether oxygens (including phenoxy) is 1. The number of carbonyl (C=O) groups excluding carboxylic acids is 1. The lowest BCUT2D eigenvalue weighted by Gasteiger charge is -2.20. The molecule has 0 unspecified atom stereocenters. The molecule has 37 heavy (non-hydrogen) atoms. The molecule has 4 aromatic carbocycles. The van der Waals surface area contributed by atoms with Gasteiger partial charge in [0.25, 0.3) is 10.0 Å². The molecule has 0 radical (unpaired) electrons. The highest BCUT2D eigenvalue weighted by Gasteiger charge is 2.24. The van der Waals surface area contributed by atoms with Crippen molar-refractivity contribution in [3.63, 3.8) is 0 Å². The van der Waals surface area contributed by atoms with Crippen molar-refractivity contribution in [3.8, 4) is 11.1 Å². The molecule has 0 bridgehead atoms. The molecule has 0 heterocycles. The van der Waals surface area contributed by atoms with E-state index in [0.717, 1.165) is 44.2 Å². The molecule has 0 saturated heterocycles. The number of esters is 1. The van der Waals surface area contributed by atoms with E-state index in [-0.39, 0.29) is 5.97 Å². The van der Waals surface area contributed by atoms with Gasteiger partial charge >= 0.3 is 5.97 Å². The summed E-state index contributed by atoms with van der Waals surface area (Å²) in [6.45, 7) is 13.0. The molecule has 0 saturated carbocycles. The number of anilines is 1. The molecule has 0 atom stereocenters. The summed E-state index contributed by atoms with van der Waals surface area (Å²) in [5.74, 6) is -0.387. The molecule has 5 nitrogen and oxygen atoms in total. The Morgan fingerprint density at radius 1 is 0.784 bits per heavy atom. The lowest BCUT2D eigenvalue weighted by molar-refractivity contribution is 0.00695. The number of rotatable bonds is 5. The van der Waals surface area contributed by atoms with Gasteiger partial charge in [-0.1, -0.05) is 48.5 Å². The summed E-state index contributed by atoms with van der Waals surface area (Å²) < 4.78 is 35.6. The fourth-order valence-electron chi connectivity index (χ4n) is 4.57. The second-order valence-corrected chi connectivity index (χ2v) is 12.1. The largest absolute Gasteiger partial charge is 0.456 e. The molecule has 0 amide bonds. The lowest BCUT2D eigenvalue weighted by Crippen LogP contribution is -2.23. The first-order chi connectivity index (χ1) is 17.3. The molecule has 0 aliphatic rings. The smallest absolute Gasteiger partial charge is 0.338 e. The number of hydrogen-bond acceptors (Lipinski definition) is 4. The summed E-state index contributed by atoms with van der Waals surface area (Å²) in [5, 5.41) is 1.64. The third-order valence-electron chi connectivity index (χ3n) is 6.54. The topological polar surface area (TPSA) is 72.5 Å². The Bertz CT molecular complexity index is 1600. The highest BCUT2D eigenvalue weighted by Crippen LogP contribution is 2.36. The van der Waals surface area contributed by atoms with E-state index < -0.39 is 15.6 Å². The standard InChI is InChI=1S/C31H33NO4S/c1-19-17-20(2)22(4)29(21(19)3)37(34,35)32-28-16-15-25(26-13-8-9-14-27(26)28)23-11-10-12-24(18-23)30(33)36-31(5,6)7/h8-18,32H,1-7H3. The molecule has 4 aromatic rings.